The summed E-state index contributed by atoms with van der Waals surface area (Å²) in [5.41, 5.74) is -1.55. The Morgan fingerprint density at radius 2 is 1.80 bits per heavy atom. The van der Waals surface area contributed by atoms with Gasteiger partial charge in [-0.15, -0.1) is 11.3 Å². The molecule has 2 heterocycles. The summed E-state index contributed by atoms with van der Waals surface area (Å²) < 4.78 is 32.0. The van der Waals surface area contributed by atoms with E-state index in [0.717, 1.165) is 3.79 Å². The van der Waals surface area contributed by atoms with Crippen LogP contribution in [0.2, 0.25) is 0 Å². The third kappa shape index (κ3) is 5.02. The van der Waals surface area contributed by atoms with Crippen molar-refractivity contribution in [3.63, 3.8) is 0 Å². The summed E-state index contributed by atoms with van der Waals surface area (Å²) in [6, 6.07) is 3.41. The van der Waals surface area contributed by atoms with Gasteiger partial charge in [0.05, 0.1) is 15.5 Å². The quantitative estimate of drug-likeness (QED) is 0.625. The van der Waals surface area contributed by atoms with E-state index in [1.165, 1.54) is 16.2 Å². The van der Waals surface area contributed by atoms with Gasteiger partial charge in [0.25, 0.3) is 0 Å². The zero-order valence-electron chi connectivity index (χ0n) is 18.2. The summed E-state index contributed by atoms with van der Waals surface area (Å²) in [7, 11) is -3.94. The van der Waals surface area contributed by atoms with E-state index in [2.05, 4.69) is 15.9 Å². The van der Waals surface area contributed by atoms with Gasteiger partial charge in [-0.25, -0.2) is 13.2 Å². The molecule has 2 rings (SSSR count). The Kier molecular flexibility index (Phi) is 7.06. The van der Waals surface area contributed by atoms with E-state index in [0.29, 0.717) is 4.88 Å². The molecule has 1 N–H and O–H groups in total. The highest BCUT2D eigenvalue weighted by Crippen LogP contribution is 2.52. The zero-order chi connectivity index (χ0) is 23.1. The molecule has 0 spiro atoms. The number of nitrogens with zero attached hydrogens (tertiary/aromatic N) is 1. The fourth-order valence-corrected chi connectivity index (χ4v) is 8.50. The Morgan fingerprint density at radius 3 is 2.23 bits per heavy atom. The zero-order valence-corrected chi connectivity index (χ0v) is 21.4. The summed E-state index contributed by atoms with van der Waals surface area (Å²) in [4.78, 5) is 26.9. The molecule has 1 aliphatic heterocycles. The molecule has 2 atom stereocenters. The number of ether oxygens (including phenoxy) is 1. The number of carboxylic acid groups (broad SMARTS) is 1. The first-order valence-corrected chi connectivity index (χ1v) is 13.0. The molecule has 7 nitrogen and oxygen atoms in total. The third-order valence-electron chi connectivity index (χ3n) is 5.16. The number of thiophene rings is 1. The second kappa shape index (κ2) is 8.43. The van der Waals surface area contributed by atoms with Gasteiger partial charge < -0.3 is 14.7 Å². The number of hydrogen-bond acceptors (Lipinski definition) is 6. The summed E-state index contributed by atoms with van der Waals surface area (Å²) >= 11 is 4.60. The second-order valence-corrected chi connectivity index (χ2v) is 14.5. The van der Waals surface area contributed by atoms with Gasteiger partial charge >= 0.3 is 12.1 Å². The SMILES string of the molecule is CC(C)(C)OC(=O)N1CCC(c2ccc(Br)s2)(C(C(=O)O)C(C)(C)C)S(=O)(=O)CC1. The van der Waals surface area contributed by atoms with Crippen molar-refractivity contribution in [3.8, 4) is 0 Å². The average Bonchev–Trinajstić information content (AvgIpc) is 2.90. The van der Waals surface area contributed by atoms with Gasteiger partial charge in [-0.2, -0.15) is 0 Å². The highest BCUT2D eigenvalue weighted by Gasteiger charge is 2.59. The molecule has 0 bridgehead atoms. The van der Waals surface area contributed by atoms with Crippen LogP contribution >= 0.6 is 27.3 Å². The first-order valence-electron chi connectivity index (χ1n) is 9.70. The number of aliphatic carboxylic acids is 1. The van der Waals surface area contributed by atoms with Crippen LogP contribution in [0, 0.1) is 11.3 Å². The Hall–Kier alpha value is -1.13. The normalized spacial score (nSPS) is 23.5. The molecule has 1 aliphatic rings. The third-order valence-corrected chi connectivity index (χ3v) is 9.58. The molecule has 0 radical (unpaired) electrons. The molecule has 1 saturated heterocycles. The van der Waals surface area contributed by atoms with Crippen LogP contribution in [0.3, 0.4) is 0 Å². The molecule has 1 aromatic heterocycles. The molecule has 170 valence electrons. The molecule has 0 saturated carbocycles. The van der Waals surface area contributed by atoms with Gasteiger partial charge in [0, 0.05) is 18.0 Å². The monoisotopic (exact) mass is 523 g/mol. The fraction of sp³-hybridized carbons (Fsp3) is 0.700. The van der Waals surface area contributed by atoms with Crippen LogP contribution in [0.1, 0.15) is 52.8 Å². The van der Waals surface area contributed by atoms with Gasteiger partial charge in [0.1, 0.15) is 10.3 Å². The van der Waals surface area contributed by atoms with Crippen LogP contribution in [0.4, 0.5) is 4.79 Å². The highest BCUT2D eigenvalue weighted by molar-refractivity contribution is 9.11. The van der Waals surface area contributed by atoms with Crippen molar-refractivity contribution in [2.45, 2.75) is 58.3 Å². The number of halogens is 1. The average molecular weight is 524 g/mol. The molecule has 1 amide bonds. The Labute approximate surface area is 190 Å². The van der Waals surface area contributed by atoms with Crippen LogP contribution < -0.4 is 0 Å². The maximum Gasteiger partial charge on any atom is 0.410 e. The van der Waals surface area contributed by atoms with Gasteiger partial charge in [0.15, 0.2) is 9.84 Å². The molecule has 1 aromatic rings. The van der Waals surface area contributed by atoms with Gasteiger partial charge in [-0.3, -0.25) is 4.79 Å². The van der Waals surface area contributed by atoms with E-state index in [1.54, 1.807) is 53.7 Å². The maximum absolute atomic E-state index is 13.7. The molecule has 10 heteroatoms. The number of carbonyl (C=O) groups excluding carboxylic acids is 1. The number of carboxylic acids is 1. The van der Waals surface area contributed by atoms with Gasteiger partial charge in [-0.1, -0.05) is 20.8 Å². The first-order chi connectivity index (χ1) is 13.5. The maximum atomic E-state index is 13.7. The second-order valence-electron chi connectivity index (χ2n) is 9.67. The lowest BCUT2D eigenvalue weighted by atomic mass is 9.70. The molecular formula is C20H30BrNO6S2. The summed E-state index contributed by atoms with van der Waals surface area (Å²) in [6.07, 6.45) is -0.612. The lowest BCUT2D eigenvalue weighted by Crippen LogP contribution is -2.52. The van der Waals surface area contributed by atoms with E-state index >= 15 is 0 Å². The van der Waals surface area contributed by atoms with Gasteiger partial charge in [-0.05, 0) is 60.7 Å². The van der Waals surface area contributed by atoms with Crippen LogP contribution in [0.5, 0.6) is 0 Å². The highest BCUT2D eigenvalue weighted by atomic mass is 79.9. The topological polar surface area (TPSA) is 101 Å². The molecule has 1 fully saturated rings. The van der Waals surface area contributed by atoms with E-state index in [9.17, 15) is 23.1 Å². The fourth-order valence-electron chi connectivity index (χ4n) is 4.04. The predicted octanol–water partition coefficient (Wildman–Crippen LogP) is 4.51. The number of amides is 1. The van der Waals surface area contributed by atoms with Gasteiger partial charge in [0.2, 0.25) is 0 Å². The Bertz CT molecular complexity index is 912. The summed E-state index contributed by atoms with van der Waals surface area (Å²) in [6.45, 7) is 10.5. The standard InChI is InChI=1S/C20H30BrNO6S2/c1-18(2,3)15(16(23)24)20(13-7-8-14(21)29-13)9-10-22(11-12-30(20,26)27)17(25)28-19(4,5)6/h7-8,15H,9-12H2,1-6H3,(H,23,24). The largest absolute Gasteiger partial charge is 0.481 e. The predicted molar refractivity (Wildman–Crippen MR) is 120 cm³/mol. The van der Waals surface area contributed by atoms with E-state index in [4.69, 9.17) is 4.74 Å². The Balaban J connectivity index is 2.64. The van der Waals surface area contributed by atoms with E-state index in [-0.39, 0.29) is 25.3 Å². The molecular weight excluding hydrogens is 494 g/mol. The summed E-state index contributed by atoms with van der Waals surface area (Å²) in [5.74, 6) is -2.69. The number of carbonyl (C=O) groups is 2. The van der Waals surface area contributed by atoms with E-state index in [1.807, 2.05) is 0 Å². The van der Waals surface area contributed by atoms with Crippen LogP contribution in [-0.4, -0.2) is 54.9 Å². The van der Waals surface area contributed by atoms with Crippen molar-refractivity contribution in [3.05, 3.63) is 20.8 Å². The summed E-state index contributed by atoms with van der Waals surface area (Å²) in [5, 5.41) is 10.2. The van der Waals surface area contributed by atoms with Crippen molar-refractivity contribution in [2.24, 2.45) is 11.3 Å². The smallest absolute Gasteiger partial charge is 0.410 e. The number of hydrogen-bond donors (Lipinski definition) is 1. The first kappa shape index (κ1) is 25.1. The van der Waals surface area contributed by atoms with Crippen molar-refractivity contribution in [1.82, 2.24) is 4.90 Å². The van der Waals surface area contributed by atoms with Crippen LogP contribution in [0.15, 0.2) is 15.9 Å². The Morgan fingerprint density at radius 1 is 1.20 bits per heavy atom. The van der Waals surface area contributed by atoms with Crippen LogP contribution in [-0.2, 0) is 24.1 Å². The van der Waals surface area contributed by atoms with Crippen molar-refractivity contribution in [2.75, 3.05) is 18.8 Å². The molecule has 0 aromatic carbocycles. The molecule has 0 aliphatic carbocycles. The molecule has 30 heavy (non-hydrogen) atoms. The molecule has 2 unspecified atom stereocenters. The van der Waals surface area contributed by atoms with Crippen molar-refractivity contribution < 1.29 is 27.9 Å². The minimum Gasteiger partial charge on any atom is -0.481 e. The minimum atomic E-state index is -3.94. The number of rotatable bonds is 3. The van der Waals surface area contributed by atoms with Crippen molar-refractivity contribution in [1.29, 1.82) is 0 Å². The van der Waals surface area contributed by atoms with E-state index < -0.39 is 43.6 Å². The number of sulfone groups is 1. The minimum absolute atomic E-state index is 0.0181. The lowest BCUT2D eigenvalue weighted by Gasteiger charge is -2.42. The van der Waals surface area contributed by atoms with Crippen molar-refractivity contribution >= 4 is 49.2 Å². The van der Waals surface area contributed by atoms with Crippen LogP contribution in [0.25, 0.3) is 0 Å². The lowest BCUT2D eigenvalue weighted by molar-refractivity contribution is -0.147.